The third-order valence-electron chi connectivity index (χ3n) is 8.71. The van der Waals surface area contributed by atoms with Crippen molar-refractivity contribution in [1.29, 1.82) is 0 Å². The van der Waals surface area contributed by atoms with Crippen molar-refractivity contribution in [3.63, 3.8) is 0 Å². The minimum Gasteiger partial charge on any atom is -0.491 e. The Bertz CT molecular complexity index is 2270. The number of rotatable bonds is 13. The fourth-order valence-electron chi connectivity index (χ4n) is 6.43. The summed E-state index contributed by atoms with van der Waals surface area (Å²) < 4.78 is 56.5. The van der Waals surface area contributed by atoms with Crippen LogP contribution in [0.5, 0.6) is 11.5 Å². The molecule has 280 valence electrons. The van der Waals surface area contributed by atoms with Crippen molar-refractivity contribution < 1.29 is 37.0 Å². The predicted molar refractivity (Wildman–Crippen MR) is 204 cm³/mol. The van der Waals surface area contributed by atoms with E-state index in [1.165, 1.54) is 12.1 Å². The summed E-state index contributed by atoms with van der Waals surface area (Å²) in [6.07, 6.45) is -2.79. The van der Waals surface area contributed by atoms with Gasteiger partial charge < -0.3 is 18.9 Å². The summed E-state index contributed by atoms with van der Waals surface area (Å²) in [5.74, 6) is 0.0434. The summed E-state index contributed by atoms with van der Waals surface area (Å²) in [6, 6.07) is 37.1. The van der Waals surface area contributed by atoms with Crippen molar-refractivity contribution in [2.75, 3.05) is 0 Å². The van der Waals surface area contributed by atoms with Crippen molar-refractivity contribution in [3.8, 4) is 22.6 Å². The highest BCUT2D eigenvalue weighted by atomic mass is 31.2. The largest absolute Gasteiger partial charge is 0.491 e. The van der Waals surface area contributed by atoms with Gasteiger partial charge in [0.05, 0.1) is 22.7 Å². The van der Waals surface area contributed by atoms with Crippen LogP contribution in [0.3, 0.4) is 0 Å². The first-order valence-corrected chi connectivity index (χ1v) is 19.2. The Hall–Kier alpha value is -5.38. The van der Waals surface area contributed by atoms with E-state index in [2.05, 4.69) is 5.10 Å². The van der Waals surface area contributed by atoms with Crippen LogP contribution in [-0.4, -0.2) is 43.7 Å². The molecular weight excluding hydrogens is 711 g/mol. The number of ether oxygens (including phenoxy) is 2. The zero-order chi connectivity index (χ0) is 38.7. The molecule has 0 saturated carbocycles. The molecule has 1 heterocycles. The summed E-state index contributed by atoms with van der Waals surface area (Å²) in [7, 11) is -5.15. The van der Waals surface area contributed by atoms with Crippen molar-refractivity contribution in [2.24, 2.45) is 0 Å². The number of hydrogen-bond acceptors (Lipinski definition) is 7. The Morgan fingerprint density at radius 3 is 2.02 bits per heavy atom. The van der Waals surface area contributed by atoms with Crippen LogP contribution >= 0.6 is 7.60 Å². The van der Waals surface area contributed by atoms with E-state index in [1.807, 2.05) is 124 Å². The molecule has 0 aliphatic heterocycles. The molecule has 1 N–H and O–H groups in total. The number of halogens is 2. The van der Waals surface area contributed by atoms with Gasteiger partial charge in [0, 0.05) is 12.8 Å². The fraction of sp³-hybridized carbons (Fsp3) is 0.262. The van der Waals surface area contributed by atoms with Crippen LogP contribution < -0.4 is 9.26 Å². The van der Waals surface area contributed by atoms with Gasteiger partial charge in [-0.15, -0.1) is 5.10 Å². The minimum absolute atomic E-state index is 0.0654. The monoisotopic (exact) mass is 753 g/mol. The minimum atomic E-state index is -5.15. The number of nitrogens with zero attached hydrogens (tertiary/aromatic N) is 3. The first-order valence-electron chi connectivity index (χ1n) is 17.5. The Morgan fingerprint density at radius 1 is 0.815 bits per heavy atom. The molecule has 6 rings (SSSR count). The molecular formula is C42H42F2N3O6P. The van der Waals surface area contributed by atoms with E-state index in [4.69, 9.17) is 19.2 Å². The molecule has 9 nitrogen and oxygen atoms in total. The summed E-state index contributed by atoms with van der Waals surface area (Å²) in [4.78, 5) is 23.0. The van der Waals surface area contributed by atoms with E-state index in [-0.39, 0.29) is 11.9 Å². The highest BCUT2D eigenvalue weighted by Crippen LogP contribution is 2.49. The SMILES string of the molecule is CC(C)Oc1ccc(C(=O)OC(C)(C)C)c(-c2ccc(CC(Cc3ccc(OP(=O)(O)C(F)F)cc3)(c3ccccc3)n3nnc4ccccc43)cc2)c1. The lowest BCUT2D eigenvalue weighted by Gasteiger charge is -2.36. The lowest BCUT2D eigenvalue weighted by molar-refractivity contribution is 0.00703. The molecule has 6 aromatic rings. The topological polar surface area (TPSA) is 113 Å². The van der Waals surface area contributed by atoms with Crippen LogP contribution in [0.15, 0.2) is 121 Å². The van der Waals surface area contributed by atoms with E-state index in [0.29, 0.717) is 35.2 Å². The molecule has 54 heavy (non-hydrogen) atoms. The molecule has 0 spiro atoms. The highest BCUT2D eigenvalue weighted by molar-refractivity contribution is 7.53. The van der Waals surface area contributed by atoms with Crippen molar-refractivity contribution >= 4 is 24.6 Å². The quantitative estimate of drug-likeness (QED) is 0.0917. The van der Waals surface area contributed by atoms with Crippen LogP contribution in [0.4, 0.5) is 8.78 Å². The van der Waals surface area contributed by atoms with Crippen molar-refractivity contribution in [3.05, 3.63) is 144 Å². The summed E-state index contributed by atoms with van der Waals surface area (Å²) in [6.45, 7) is 9.37. The standard InChI is InChI=1S/C42H42F2N3O6P/c1-28(2)51-34-23-24-35(39(48)52-41(3,4)5)36(25-34)31-19-15-29(16-20-31)26-42(32-11-7-6-8-12-32,47-38-14-10-9-13-37(38)45-46-47)27-30-17-21-33(22-18-30)53-54(49,50)40(43)44/h6-25,28,40H,26-27H2,1-5H3,(H,49,50). The van der Waals surface area contributed by atoms with E-state index >= 15 is 0 Å². The number of carbonyl (C=O) groups excluding carboxylic acids is 1. The van der Waals surface area contributed by atoms with Gasteiger partial charge in [0.15, 0.2) is 0 Å². The van der Waals surface area contributed by atoms with Crippen LogP contribution in [0.2, 0.25) is 0 Å². The maximum absolute atomic E-state index is 13.4. The van der Waals surface area contributed by atoms with Gasteiger partial charge in [-0.25, -0.2) is 14.0 Å². The van der Waals surface area contributed by atoms with Gasteiger partial charge >= 0.3 is 19.7 Å². The van der Waals surface area contributed by atoms with E-state index < -0.39 is 30.9 Å². The molecule has 1 aromatic heterocycles. The normalized spacial score (nSPS) is 14.1. The smallest absolute Gasteiger partial charge is 0.442 e. The van der Waals surface area contributed by atoms with E-state index in [1.54, 1.807) is 24.3 Å². The summed E-state index contributed by atoms with van der Waals surface area (Å²) >= 11 is 0. The molecule has 0 aliphatic rings. The van der Waals surface area contributed by atoms with Crippen LogP contribution in [0.1, 0.15) is 61.7 Å². The second kappa shape index (κ2) is 15.5. The first-order chi connectivity index (χ1) is 25.6. The lowest BCUT2D eigenvalue weighted by atomic mass is 9.78. The number of para-hydroxylation sites is 1. The molecule has 2 atom stereocenters. The second-order valence-electron chi connectivity index (χ2n) is 14.4. The third-order valence-corrected chi connectivity index (χ3v) is 9.68. The molecule has 0 radical (unpaired) electrons. The predicted octanol–water partition coefficient (Wildman–Crippen LogP) is 9.86. The van der Waals surface area contributed by atoms with Crippen LogP contribution in [0, 0.1) is 0 Å². The number of alkyl halides is 2. The van der Waals surface area contributed by atoms with Gasteiger partial charge in [-0.05, 0) is 105 Å². The van der Waals surface area contributed by atoms with E-state index in [9.17, 15) is 23.0 Å². The first kappa shape index (κ1) is 38.3. The molecule has 0 bridgehead atoms. The van der Waals surface area contributed by atoms with Gasteiger partial charge in [-0.3, -0.25) is 0 Å². The van der Waals surface area contributed by atoms with Gasteiger partial charge in [-0.2, -0.15) is 8.78 Å². The average Bonchev–Trinajstić information content (AvgIpc) is 3.56. The van der Waals surface area contributed by atoms with Gasteiger partial charge in [0.1, 0.15) is 22.6 Å². The molecule has 0 amide bonds. The van der Waals surface area contributed by atoms with E-state index in [0.717, 1.165) is 27.8 Å². The molecule has 0 fully saturated rings. The molecule has 2 unspecified atom stereocenters. The van der Waals surface area contributed by atoms with Crippen LogP contribution in [-0.2, 0) is 27.7 Å². The van der Waals surface area contributed by atoms with Gasteiger partial charge in [-0.1, -0.05) is 84.1 Å². The second-order valence-corrected chi connectivity index (χ2v) is 16.1. The number of carbonyl (C=O) groups is 1. The maximum atomic E-state index is 13.4. The number of benzene rings is 5. The van der Waals surface area contributed by atoms with Crippen molar-refractivity contribution in [2.45, 2.75) is 70.9 Å². The fourth-order valence-corrected chi connectivity index (χ4v) is 6.93. The third kappa shape index (κ3) is 8.70. The number of fused-ring (bicyclic) bond motifs is 1. The highest BCUT2D eigenvalue weighted by Gasteiger charge is 2.38. The lowest BCUT2D eigenvalue weighted by Crippen LogP contribution is -2.40. The summed E-state index contributed by atoms with van der Waals surface area (Å²) in [5.41, 5.74) is 4.53. The number of hydrogen-bond donors (Lipinski definition) is 1. The maximum Gasteiger partial charge on any atom is 0.442 e. The number of aromatic nitrogens is 3. The Balaban J connectivity index is 1.44. The zero-order valence-electron chi connectivity index (χ0n) is 30.6. The van der Waals surface area contributed by atoms with Crippen molar-refractivity contribution in [1.82, 2.24) is 15.0 Å². The van der Waals surface area contributed by atoms with Crippen LogP contribution in [0.25, 0.3) is 22.2 Å². The van der Waals surface area contributed by atoms with Gasteiger partial charge in [0.25, 0.3) is 0 Å². The molecule has 0 saturated heterocycles. The molecule has 0 aliphatic carbocycles. The molecule has 5 aromatic carbocycles. The Kier molecular flexibility index (Phi) is 11.0. The molecule has 12 heteroatoms. The number of esters is 1. The Labute approximate surface area is 313 Å². The zero-order valence-corrected chi connectivity index (χ0v) is 31.5. The van der Waals surface area contributed by atoms with Gasteiger partial charge in [0.2, 0.25) is 0 Å². The summed E-state index contributed by atoms with van der Waals surface area (Å²) in [5, 5.41) is 9.21. The Morgan fingerprint density at radius 2 is 1.41 bits per heavy atom. The average molecular weight is 754 g/mol.